The number of carbonyl (C=O) groups excluding carboxylic acids is 2. The summed E-state index contributed by atoms with van der Waals surface area (Å²) in [6.45, 7) is 0. The van der Waals surface area contributed by atoms with Crippen LogP contribution in [-0.2, 0) is 9.59 Å². The summed E-state index contributed by atoms with van der Waals surface area (Å²) in [7, 11) is 1.62. The Bertz CT molecular complexity index is 815. The molecular formula is C17H14BrN3O2. The molecule has 2 N–H and O–H groups in total. The number of benzodiazepines with no additional fused rings is 1. The van der Waals surface area contributed by atoms with Crippen LogP contribution in [-0.4, -0.2) is 30.6 Å². The Morgan fingerprint density at radius 2 is 1.83 bits per heavy atom. The topological polar surface area (TPSA) is 75.8 Å². The van der Waals surface area contributed by atoms with Gasteiger partial charge < -0.3 is 10.6 Å². The summed E-state index contributed by atoms with van der Waals surface area (Å²) in [5.41, 5.74) is 8.26. The van der Waals surface area contributed by atoms with Crippen LogP contribution in [0.3, 0.4) is 0 Å². The average molecular weight is 372 g/mol. The molecule has 0 aromatic heterocycles. The minimum atomic E-state index is -1.23. The lowest BCUT2D eigenvalue weighted by Crippen LogP contribution is -2.42. The van der Waals surface area contributed by atoms with Crippen LogP contribution in [0.1, 0.15) is 11.1 Å². The number of benzene rings is 2. The molecular weight excluding hydrogens is 358 g/mol. The molecule has 0 bridgehead atoms. The van der Waals surface area contributed by atoms with E-state index in [1.54, 1.807) is 7.05 Å². The number of aliphatic imine (C=N–C) groups is 1. The molecule has 1 atom stereocenters. The number of amides is 2. The van der Waals surface area contributed by atoms with Crippen LogP contribution >= 0.6 is 15.9 Å². The molecule has 3 rings (SSSR count). The van der Waals surface area contributed by atoms with Gasteiger partial charge in [0.1, 0.15) is 0 Å². The van der Waals surface area contributed by atoms with Crippen molar-refractivity contribution in [2.24, 2.45) is 10.7 Å². The van der Waals surface area contributed by atoms with Gasteiger partial charge in [0.2, 0.25) is 6.04 Å². The minimum Gasteiger partial charge on any atom is -0.367 e. The number of carbonyl (C=O) groups is 2. The number of primary amides is 1. The Kier molecular flexibility index (Phi) is 4.00. The van der Waals surface area contributed by atoms with E-state index in [9.17, 15) is 9.59 Å². The van der Waals surface area contributed by atoms with E-state index in [-0.39, 0.29) is 0 Å². The van der Waals surface area contributed by atoms with Crippen molar-refractivity contribution in [2.45, 2.75) is 6.04 Å². The van der Waals surface area contributed by atoms with Crippen molar-refractivity contribution in [1.29, 1.82) is 0 Å². The van der Waals surface area contributed by atoms with E-state index in [2.05, 4.69) is 20.9 Å². The first-order chi connectivity index (χ1) is 11.0. The van der Waals surface area contributed by atoms with Gasteiger partial charge in [0.25, 0.3) is 11.8 Å². The van der Waals surface area contributed by atoms with Gasteiger partial charge in [-0.3, -0.25) is 14.6 Å². The Morgan fingerprint density at radius 1 is 1.17 bits per heavy atom. The van der Waals surface area contributed by atoms with E-state index in [0.717, 1.165) is 15.6 Å². The number of fused-ring (bicyclic) bond motifs is 1. The highest BCUT2D eigenvalue weighted by atomic mass is 79.9. The molecule has 0 saturated heterocycles. The highest BCUT2D eigenvalue weighted by Gasteiger charge is 2.33. The number of para-hydroxylation sites is 1. The van der Waals surface area contributed by atoms with E-state index in [0.29, 0.717) is 11.4 Å². The molecule has 2 amide bonds. The van der Waals surface area contributed by atoms with Crippen molar-refractivity contribution in [3.8, 4) is 0 Å². The quantitative estimate of drug-likeness (QED) is 0.820. The SMILES string of the molecule is CN1C(=O)C(C(N)=O)N=C(c2ccc(Br)cc2)c2ccccc21. The van der Waals surface area contributed by atoms with Gasteiger partial charge in [-0.1, -0.05) is 46.3 Å². The van der Waals surface area contributed by atoms with E-state index in [1.165, 1.54) is 4.90 Å². The van der Waals surface area contributed by atoms with Crippen LogP contribution in [0.4, 0.5) is 5.69 Å². The second-order valence-electron chi connectivity index (χ2n) is 5.20. The van der Waals surface area contributed by atoms with Crippen LogP contribution in [0.25, 0.3) is 0 Å². The second-order valence-corrected chi connectivity index (χ2v) is 6.12. The lowest BCUT2D eigenvalue weighted by atomic mass is 10.0. The number of hydrogen-bond donors (Lipinski definition) is 1. The first-order valence-corrected chi connectivity index (χ1v) is 7.78. The van der Waals surface area contributed by atoms with Crippen LogP contribution in [0.15, 0.2) is 58.0 Å². The monoisotopic (exact) mass is 371 g/mol. The Balaban J connectivity index is 2.26. The highest BCUT2D eigenvalue weighted by Crippen LogP contribution is 2.27. The predicted molar refractivity (Wildman–Crippen MR) is 92.6 cm³/mol. The summed E-state index contributed by atoms with van der Waals surface area (Å²) < 4.78 is 0.934. The number of nitrogens with two attached hydrogens (primary N) is 1. The van der Waals surface area contributed by atoms with E-state index in [4.69, 9.17) is 5.73 Å². The van der Waals surface area contributed by atoms with Crippen molar-refractivity contribution < 1.29 is 9.59 Å². The Morgan fingerprint density at radius 3 is 2.48 bits per heavy atom. The molecule has 116 valence electrons. The summed E-state index contributed by atoms with van der Waals surface area (Å²) in [6, 6.07) is 13.7. The number of halogens is 1. The van der Waals surface area contributed by atoms with Crippen molar-refractivity contribution in [2.75, 3.05) is 11.9 Å². The molecule has 0 saturated carbocycles. The van der Waals surface area contributed by atoms with Gasteiger partial charge in [0, 0.05) is 22.6 Å². The van der Waals surface area contributed by atoms with Crippen molar-refractivity contribution >= 4 is 39.1 Å². The molecule has 6 heteroatoms. The lowest BCUT2D eigenvalue weighted by Gasteiger charge is -2.19. The summed E-state index contributed by atoms with van der Waals surface area (Å²) in [4.78, 5) is 30.0. The minimum absolute atomic E-state index is 0.433. The number of anilines is 1. The van der Waals surface area contributed by atoms with Crippen LogP contribution in [0, 0.1) is 0 Å². The van der Waals surface area contributed by atoms with E-state index >= 15 is 0 Å². The predicted octanol–water partition coefficient (Wildman–Crippen LogP) is 2.12. The standard InChI is InChI=1S/C17H14BrN3O2/c1-21-13-5-3-2-4-12(13)14(10-6-8-11(18)9-7-10)20-15(16(19)22)17(21)23/h2-9,15H,1H3,(H2,19,22). The number of nitrogens with zero attached hydrogens (tertiary/aromatic N) is 2. The van der Waals surface area contributed by atoms with E-state index in [1.807, 2.05) is 48.5 Å². The molecule has 0 spiro atoms. The second kappa shape index (κ2) is 5.96. The number of rotatable bonds is 2. The molecule has 5 nitrogen and oxygen atoms in total. The Labute approximate surface area is 141 Å². The molecule has 2 aromatic carbocycles. The fourth-order valence-corrected chi connectivity index (χ4v) is 2.81. The van der Waals surface area contributed by atoms with Gasteiger partial charge in [0.15, 0.2) is 0 Å². The lowest BCUT2D eigenvalue weighted by molar-refractivity contribution is -0.127. The molecule has 0 radical (unpaired) electrons. The van der Waals surface area contributed by atoms with E-state index < -0.39 is 17.9 Å². The van der Waals surface area contributed by atoms with Crippen LogP contribution in [0.5, 0.6) is 0 Å². The molecule has 1 aliphatic rings. The molecule has 0 aliphatic carbocycles. The maximum atomic E-state index is 12.5. The maximum absolute atomic E-state index is 12.5. The molecule has 1 aliphatic heterocycles. The zero-order valence-electron chi connectivity index (χ0n) is 12.4. The van der Waals surface area contributed by atoms with Crippen molar-refractivity contribution in [1.82, 2.24) is 0 Å². The molecule has 23 heavy (non-hydrogen) atoms. The third-order valence-corrected chi connectivity index (χ3v) is 4.26. The van der Waals surface area contributed by atoms with Gasteiger partial charge in [0.05, 0.1) is 11.4 Å². The smallest absolute Gasteiger partial charge is 0.261 e. The van der Waals surface area contributed by atoms with Crippen molar-refractivity contribution in [3.05, 3.63) is 64.1 Å². The summed E-state index contributed by atoms with van der Waals surface area (Å²) in [5.74, 6) is -1.19. The fourth-order valence-electron chi connectivity index (χ4n) is 2.55. The largest absolute Gasteiger partial charge is 0.367 e. The molecule has 1 unspecified atom stereocenters. The first-order valence-electron chi connectivity index (χ1n) is 6.99. The maximum Gasteiger partial charge on any atom is 0.261 e. The average Bonchev–Trinajstić information content (AvgIpc) is 2.65. The third kappa shape index (κ3) is 2.77. The third-order valence-electron chi connectivity index (χ3n) is 3.73. The molecule has 0 fully saturated rings. The molecule has 1 heterocycles. The number of likely N-dealkylation sites (N-methyl/N-ethyl adjacent to an activating group) is 1. The number of hydrogen-bond acceptors (Lipinski definition) is 3. The van der Waals surface area contributed by atoms with Crippen LogP contribution in [0.2, 0.25) is 0 Å². The first kappa shape index (κ1) is 15.4. The van der Waals surface area contributed by atoms with Gasteiger partial charge in [-0.05, 0) is 18.2 Å². The summed E-state index contributed by atoms with van der Waals surface area (Å²) >= 11 is 3.39. The Hall–Kier alpha value is -2.47. The van der Waals surface area contributed by atoms with Gasteiger partial charge >= 0.3 is 0 Å². The van der Waals surface area contributed by atoms with Gasteiger partial charge in [-0.25, -0.2) is 0 Å². The highest BCUT2D eigenvalue weighted by molar-refractivity contribution is 9.10. The fraction of sp³-hybridized carbons (Fsp3) is 0.118. The zero-order valence-corrected chi connectivity index (χ0v) is 13.9. The molecule has 2 aromatic rings. The summed E-state index contributed by atoms with van der Waals surface area (Å²) in [5, 5.41) is 0. The van der Waals surface area contributed by atoms with Crippen molar-refractivity contribution in [3.63, 3.8) is 0 Å². The zero-order chi connectivity index (χ0) is 16.6. The van der Waals surface area contributed by atoms with Gasteiger partial charge in [-0.15, -0.1) is 0 Å². The van der Waals surface area contributed by atoms with Gasteiger partial charge in [-0.2, -0.15) is 0 Å². The normalized spacial score (nSPS) is 17.3. The van der Waals surface area contributed by atoms with Crippen LogP contribution < -0.4 is 10.6 Å². The summed E-state index contributed by atoms with van der Waals surface area (Å²) in [6.07, 6.45) is 0.